The van der Waals surface area contributed by atoms with Crippen molar-refractivity contribution >= 4 is 11.8 Å². The first-order valence-corrected chi connectivity index (χ1v) is 7.08. The molecule has 0 saturated heterocycles. The largest absolute Gasteiger partial charge is 0.253 e. The third-order valence-corrected chi connectivity index (χ3v) is 3.72. The van der Waals surface area contributed by atoms with Crippen LogP contribution in [0.4, 0.5) is 0 Å². The zero-order valence-electron chi connectivity index (χ0n) is 10.2. The molecule has 1 rings (SSSR count). The second-order valence-corrected chi connectivity index (χ2v) is 5.07. The van der Waals surface area contributed by atoms with Crippen molar-refractivity contribution in [3.8, 4) is 0 Å². The van der Waals surface area contributed by atoms with Gasteiger partial charge in [0, 0.05) is 12.7 Å². The molecule has 1 heterocycles. The highest BCUT2D eigenvalue weighted by Crippen LogP contribution is 2.04. The lowest BCUT2D eigenvalue weighted by Crippen LogP contribution is -2.35. The van der Waals surface area contributed by atoms with E-state index in [1.807, 2.05) is 11.8 Å². The summed E-state index contributed by atoms with van der Waals surface area (Å²) in [4.78, 5) is 0. The monoisotopic (exact) mass is 227 g/mol. The first-order chi connectivity index (χ1) is 7.29. The van der Waals surface area contributed by atoms with Crippen LogP contribution in [0.3, 0.4) is 0 Å². The molecule has 0 amide bonds. The second kappa shape index (κ2) is 6.94. The van der Waals surface area contributed by atoms with Gasteiger partial charge in [-0.1, -0.05) is 13.8 Å². The van der Waals surface area contributed by atoms with Gasteiger partial charge in [-0.15, -0.1) is 0 Å². The fraction of sp³-hybridized carbons (Fsp3) is 0.750. The fourth-order valence-corrected chi connectivity index (χ4v) is 2.48. The second-order valence-electron chi connectivity index (χ2n) is 3.84. The summed E-state index contributed by atoms with van der Waals surface area (Å²) < 4.78 is 4.70. The van der Waals surface area contributed by atoms with Crippen LogP contribution in [0.2, 0.25) is 0 Å². The predicted octanol–water partition coefficient (Wildman–Crippen LogP) is 2.64. The standard InChI is InChI=1S/C12H23N2S/c1-4-6-13-7-8-14(12(13)3)9-11-15-10-5-2/h7-8H,4-6,9-11H2,1-3H3/q+1. The Bertz CT molecular complexity index is 281. The molecule has 0 aromatic carbocycles. The summed E-state index contributed by atoms with van der Waals surface area (Å²) in [5, 5.41) is 0. The van der Waals surface area contributed by atoms with Crippen LogP contribution in [0.5, 0.6) is 0 Å². The van der Waals surface area contributed by atoms with Crippen molar-refractivity contribution in [3.63, 3.8) is 0 Å². The Morgan fingerprint density at radius 1 is 1.27 bits per heavy atom. The van der Waals surface area contributed by atoms with E-state index in [0.717, 1.165) is 13.1 Å². The maximum Gasteiger partial charge on any atom is 0.253 e. The van der Waals surface area contributed by atoms with Gasteiger partial charge in [-0.2, -0.15) is 11.8 Å². The number of hydrogen-bond donors (Lipinski definition) is 0. The molecule has 0 unspecified atom stereocenters. The smallest absolute Gasteiger partial charge is 0.235 e. The minimum absolute atomic E-state index is 1.14. The Labute approximate surface area is 97.7 Å². The summed E-state index contributed by atoms with van der Waals surface area (Å²) in [5.74, 6) is 3.90. The summed E-state index contributed by atoms with van der Waals surface area (Å²) in [6.45, 7) is 8.96. The molecule has 1 aromatic rings. The number of aromatic nitrogens is 2. The molecule has 0 radical (unpaired) electrons. The third kappa shape index (κ3) is 3.90. The molecule has 2 nitrogen and oxygen atoms in total. The molecular formula is C12H23N2S+. The highest BCUT2D eigenvalue weighted by Gasteiger charge is 2.10. The normalized spacial score (nSPS) is 10.9. The molecule has 0 N–H and O–H groups in total. The molecule has 0 aliphatic rings. The van der Waals surface area contributed by atoms with E-state index < -0.39 is 0 Å². The molecular weight excluding hydrogens is 204 g/mol. The van der Waals surface area contributed by atoms with Crippen molar-refractivity contribution in [3.05, 3.63) is 18.2 Å². The predicted molar refractivity (Wildman–Crippen MR) is 67.3 cm³/mol. The highest BCUT2D eigenvalue weighted by molar-refractivity contribution is 7.99. The van der Waals surface area contributed by atoms with Crippen LogP contribution in [0.1, 0.15) is 32.5 Å². The minimum atomic E-state index is 1.14. The lowest BCUT2D eigenvalue weighted by Gasteiger charge is -2.00. The Morgan fingerprint density at radius 2 is 2.07 bits per heavy atom. The zero-order chi connectivity index (χ0) is 11.1. The Kier molecular flexibility index (Phi) is 5.84. The molecule has 0 atom stereocenters. The van der Waals surface area contributed by atoms with E-state index in [9.17, 15) is 0 Å². The first-order valence-electron chi connectivity index (χ1n) is 5.92. The van der Waals surface area contributed by atoms with E-state index in [2.05, 4.69) is 42.3 Å². The topological polar surface area (TPSA) is 8.81 Å². The van der Waals surface area contributed by atoms with Crippen LogP contribution >= 0.6 is 11.8 Å². The van der Waals surface area contributed by atoms with E-state index in [4.69, 9.17) is 0 Å². The van der Waals surface area contributed by atoms with Gasteiger partial charge in [-0.05, 0) is 18.6 Å². The molecule has 0 saturated carbocycles. The summed E-state index contributed by atoms with van der Waals surface area (Å²) in [5.41, 5.74) is 0. The quantitative estimate of drug-likeness (QED) is 0.514. The van der Waals surface area contributed by atoms with Crippen molar-refractivity contribution in [2.24, 2.45) is 0 Å². The molecule has 0 bridgehead atoms. The van der Waals surface area contributed by atoms with Crippen LogP contribution in [-0.4, -0.2) is 16.1 Å². The van der Waals surface area contributed by atoms with E-state index in [0.29, 0.717) is 0 Å². The number of thioether (sulfide) groups is 1. The minimum Gasteiger partial charge on any atom is -0.235 e. The van der Waals surface area contributed by atoms with E-state index in [1.54, 1.807) is 0 Å². The Hall–Kier alpha value is -0.440. The number of aryl methyl sites for hydroxylation is 2. The molecule has 1 aromatic heterocycles. The van der Waals surface area contributed by atoms with Gasteiger partial charge in [0.15, 0.2) is 0 Å². The molecule has 0 aliphatic carbocycles. The number of hydrogen-bond acceptors (Lipinski definition) is 1. The molecule has 3 heteroatoms. The van der Waals surface area contributed by atoms with Crippen LogP contribution < -0.4 is 4.57 Å². The van der Waals surface area contributed by atoms with Crippen LogP contribution in [-0.2, 0) is 13.1 Å². The van der Waals surface area contributed by atoms with Crippen molar-refractivity contribution < 1.29 is 4.57 Å². The average molecular weight is 227 g/mol. The van der Waals surface area contributed by atoms with Gasteiger partial charge in [0.2, 0.25) is 0 Å². The summed E-state index contributed by atoms with van der Waals surface area (Å²) in [7, 11) is 0. The summed E-state index contributed by atoms with van der Waals surface area (Å²) in [6.07, 6.45) is 6.89. The van der Waals surface area contributed by atoms with Crippen LogP contribution in [0.15, 0.2) is 12.4 Å². The molecule has 0 aliphatic heterocycles. The number of rotatable bonds is 7. The Balaban J connectivity index is 2.40. The molecule has 0 spiro atoms. The third-order valence-electron chi connectivity index (χ3n) is 2.55. The molecule has 15 heavy (non-hydrogen) atoms. The van der Waals surface area contributed by atoms with Crippen LogP contribution in [0.25, 0.3) is 0 Å². The van der Waals surface area contributed by atoms with Crippen molar-refractivity contribution in [2.45, 2.75) is 46.7 Å². The van der Waals surface area contributed by atoms with Gasteiger partial charge in [0.1, 0.15) is 12.4 Å². The van der Waals surface area contributed by atoms with Crippen molar-refractivity contribution in [2.75, 3.05) is 11.5 Å². The number of nitrogens with zero attached hydrogens (tertiary/aromatic N) is 2. The maximum atomic E-state index is 2.36. The van der Waals surface area contributed by atoms with E-state index in [1.165, 1.54) is 30.2 Å². The highest BCUT2D eigenvalue weighted by atomic mass is 32.2. The summed E-state index contributed by atoms with van der Waals surface area (Å²) >= 11 is 2.05. The first kappa shape index (κ1) is 12.6. The van der Waals surface area contributed by atoms with Gasteiger partial charge in [0.25, 0.3) is 5.82 Å². The molecule has 86 valence electrons. The van der Waals surface area contributed by atoms with Gasteiger partial charge >= 0.3 is 0 Å². The van der Waals surface area contributed by atoms with Crippen molar-refractivity contribution in [1.82, 2.24) is 4.57 Å². The fourth-order valence-electron chi connectivity index (χ4n) is 1.66. The van der Waals surface area contributed by atoms with Gasteiger partial charge in [-0.3, -0.25) is 0 Å². The number of imidazole rings is 1. The van der Waals surface area contributed by atoms with Crippen LogP contribution in [0, 0.1) is 6.92 Å². The SMILES string of the molecule is CCCSCCn1cc[n+](CCC)c1C. The van der Waals surface area contributed by atoms with Gasteiger partial charge < -0.3 is 0 Å². The lowest BCUT2D eigenvalue weighted by atomic mass is 10.4. The summed E-state index contributed by atoms with van der Waals surface area (Å²) in [6, 6.07) is 0. The average Bonchev–Trinajstić information content (AvgIpc) is 2.57. The van der Waals surface area contributed by atoms with E-state index >= 15 is 0 Å². The maximum absolute atomic E-state index is 2.36. The van der Waals surface area contributed by atoms with E-state index in [-0.39, 0.29) is 0 Å². The van der Waals surface area contributed by atoms with Gasteiger partial charge in [0.05, 0.1) is 13.1 Å². The zero-order valence-corrected chi connectivity index (χ0v) is 11.0. The molecule has 0 fully saturated rings. The van der Waals surface area contributed by atoms with Crippen molar-refractivity contribution in [1.29, 1.82) is 0 Å². The van der Waals surface area contributed by atoms with Gasteiger partial charge in [-0.25, -0.2) is 9.13 Å². The lowest BCUT2D eigenvalue weighted by molar-refractivity contribution is -0.702. The Morgan fingerprint density at radius 3 is 2.73 bits per heavy atom.